The average molecular weight is 293 g/mol. The van der Waals surface area contributed by atoms with E-state index in [1.807, 2.05) is 13.2 Å². The van der Waals surface area contributed by atoms with Crippen LogP contribution in [0.1, 0.15) is 18.1 Å². The molecule has 108 valence electrons. The molecule has 0 saturated heterocycles. The third-order valence-electron chi connectivity index (χ3n) is 2.95. The van der Waals surface area contributed by atoms with Gasteiger partial charge in [0.05, 0.1) is 12.2 Å². The summed E-state index contributed by atoms with van der Waals surface area (Å²) >= 11 is 1.56. The van der Waals surface area contributed by atoms with E-state index in [1.54, 1.807) is 11.8 Å². The van der Waals surface area contributed by atoms with Crippen LogP contribution in [0.5, 0.6) is 0 Å². The van der Waals surface area contributed by atoms with Gasteiger partial charge in [0.25, 0.3) is 0 Å². The molecule has 2 atom stereocenters. The molecule has 0 fully saturated rings. The van der Waals surface area contributed by atoms with Gasteiger partial charge in [-0.15, -0.1) is 0 Å². The molecule has 1 aromatic rings. The van der Waals surface area contributed by atoms with Gasteiger partial charge >= 0.3 is 6.18 Å². The van der Waals surface area contributed by atoms with Gasteiger partial charge in [0.1, 0.15) is 0 Å². The molecule has 0 aliphatic carbocycles. The minimum Gasteiger partial charge on any atom is -0.395 e. The Labute approximate surface area is 115 Å². The van der Waals surface area contributed by atoms with Crippen molar-refractivity contribution in [3.63, 3.8) is 0 Å². The third-order valence-corrected chi connectivity index (χ3v) is 4.11. The van der Waals surface area contributed by atoms with Gasteiger partial charge < -0.3 is 10.4 Å². The Balaban J connectivity index is 2.55. The third kappa shape index (κ3) is 5.04. The maximum absolute atomic E-state index is 12.4. The maximum atomic E-state index is 12.4. The molecule has 0 aromatic heterocycles. The quantitative estimate of drug-likeness (QED) is 0.846. The zero-order valence-corrected chi connectivity index (χ0v) is 11.7. The Morgan fingerprint density at radius 2 is 1.84 bits per heavy atom. The summed E-state index contributed by atoms with van der Waals surface area (Å²) in [6.45, 7) is 2.50. The van der Waals surface area contributed by atoms with Crippen LogP contribution >= 0.6 is 11.8 Å². The van der Waals surface area contributed by atoms with Crippen molar-refractivity contribution in [2.24, 2.45) is 0 Å². The predicted molar refractivity (Wildman–Crippen MR) is 72.1 cm³/mol. The van der Waals surface area contributed by atoms with Gasteiger partial charge in [-0.2, -0.15) is 24.9 Å². The molecule has 0 heterocycles. The molecule has 0 aliphatic heterocycles. The van der Waals surface area contributed by atoms with Crippen LogP contribution in [0.4, 0.5) is 13.2 Å². The van der Waals surface area contributed by atoms with Gasteiger partial charge in [0.2, 0.25) is 0 Å². The van der Waals surface area contributed by atoms with E-state index in [4.69, 9.17) is 5.11 Å². The number of aliphatic hydroxyl groups is 1. The summed E-state index contributed by atoms with van der Waals surface area (Å²) in [4.78, 5) is 0. The summed E-state index contributed by atoms with van der Waals surface area (Å²) in [5.74, 6) is 0. The highest BCUT2D eigenvalue weighted by Crippen LogP contribution is 2.29. The Hall–Kier alpha value is -0.720. The monoisotopic (exact) mass is 293 g/mol. The van der Waals surface area contributed by atoms with Gasteiger partial charge in [0, 0.05) is 17.8 Å². The number of nitrogens with one attached hydrogen (secondary N) is 1. The summed E-state index contributed by atoms with van der Waals surface area (Å²) in [5, 5.41) is 12.4. The first-order valence-electron chi connectivity index (χ1n) is 5.91. The lowest BCUT2D eigenvalue weighted by Crippen LogP contribution is -2.37. The van der Waals surface area contributed by atoms with Crippen LogP contribution in [0, 0.1) is 0 Å². The van der Waals surface area contributed by atoms with Crippen molar-refractivity contribution < 1.29 is 18.3 Å². The lowest BCUT2D eigenvalue weighted by Gasteiger charge is -2.21. The summed E-state index contributed by atoms with van der Waals surface area (Å²) in [6.07, 6.45) is -2.38. The number of thioether (sulfide) groups is 1. The summed E-state index contributed by atoms with van der Waals surface area (Å²) in [7, 11) is 0. The number of alkyl halides is 3. The Morgan fingerprint density at radius 1 is 1.26 bits per heavy atom. The van der Waals surface area contributed by atoms with Crippen LogP contribution < -0.4 is 5.32 Å². The van der Waals surface area contributed by atoms with E-state index >= 15 is 0 Å². The van der Waals surface area contributed by atoms with Crippen molar-refractivity contribution >= 4 is 11.8 Å². The predicted octanol–water partition coefficient (Wildman–Crippen LogP) is 2.91. The highest BCUT2D eigenvalue weighted by molar-refractivity contribution is 7.99. The normalized spacial score (nSPS) is 15.3. The highest BCUT2D eigenvalue weighted by Gasteiger charge is 2.29. The Kier molecular flexibility index (Phi) is 6.16. The largest absolute Gasteiger partial charge is 0.416 e. The summed E-state index contributed by atoms with van der Waals surface area (Å²) in [5.41, 5.74) is 0.152. The van der Waals surface area contributed by atoms with Crippen molar-refractivity contribution in [2.45, 2.75) is 30.9 Å². The van der Waals surface area contributed by atoms with Gasteiger partial charge in [0.15, 0.2) is 0 Å². The lowest BCUT2D eigenvalue weighted by atomic mass is 10.1. The van der Waals surface area contributed by atoms with Crippen molar-refractivity contribution in [3.8, 4) is 0 Å². The fourth-order valence-corrected chi connectivity index (χ4v) is 2.31. The van der Waals surface area contributed by atoms with Crippen molar-refractivity contribution in [1.82, 2.24) is 5.32 Å². The standard InChI is InChI=1S/C13H18F3NOS/c1-9(12(8-18)19-2)17-7-10-3-5-11(6-4-10)13(14,15)16/h3-6,9,12,17-18H,7-8H2,1-2H3. The van der Waals surface area contributed by atoms with Crippen LogP contribution in [0.15, 0.2) is 24.3 Å². The zero-order valence-electron chi connectivity index (χ0n) is 10.9. The number of hydrogen-bond acceptors (Lipinski definition) is 3. The Morgan fingerprint density at radius 3 is 2.26 bits per heavy atom. The van der Waals surface area contributed by atoms with Crippen molar-refractivity contribution in [3.05, 3.63) is 35.4 Å². The van der Waals surface area contributed by atoms with Gasteiger partial charge in [-0.25, -0.2) is 0 Å². The van der Waals surface area contributed by atoms with E-state index in [1.165, 1.54) is 12.1 Å². The van der Waals surface area contributed by atoms with Gasteiger partial charge in [-0.1, -0.05) is 12.1 Å². The zero-order chi connectivity index (χ0) is 14.5. The molecule has 0 bridgehead atoms. The minimum atomic E-state index is -4.29. The average Bonchev–Trinajstić information content (AvgIpc) is 2.37. The number of hydrogen-bond donors (Lipinski definition) is 2. The second-order valence-corrected chi connectivity index (χ2v) is 5.40. The van der Waals surface area contributed by atoms with E-state index in [0.29, 0.717) is 6.54 Å². The fraction of sp³-hybridized carbons (Fsp3) is 0.538. The molecule has 0 radical (unpaired) electrons. The first-order chi connectivity index (χ1) is 8.88. The molecule has 0 aliphatic rings. The highest BCUT2D eigenvalue weighted by atomic mass is 32.2. The van der Waals surface area contributed by atoms with Crippen LogP contribution in [-0.4, -0.2) is 29.3 Å². The van der Waals surface area contributed by atoms with Crippen LogP contribution in [0.3, 0.4) is 0 Å². The van der Waals surface area contributed by atoms with Gasteiger partial charge in [-0.05, 0) is 30.9 Å². The topological polar surface area (TPSA) is 32.3 Å². The van der Waals surface area contributed by atoms with E-state index in [9.17, 15) is 13.2 Å². The van der Waals surface area contributed by atoms with Crippen molar-refractivity contribution in [2.75, 3.05) is 12.9 Å². The molecule has 1 rings (SSSR count). The molecular formula is C13H18F3NOS. The summed E-state index contributed by atoms with van der Waals surface area (Å²) in [6, 6.07) is 5.19. The van der Waals surface area contributed by atoms with Gasteiger partial charge in [-0.3, -0.25) is 0 Å². The first kappa shape index (κ1) is 16.3. The minimum absolute atomic E-state index is 0.0718. The van der Waals surface area contributed by atoms with Crippen LogP contribution in [0.2, 0.25) is 0 Å². The molecule has 1 aromatic carbocycles. The molecule has 2 nitrogen and oxygen atoms in total. The summed E-state index contributed by atoms with van der Waals surface area (Å²) < 4.78 is 37.2. The number of aliphatic hydroxyl groups excluding tert-OH is 1. The molecule has 0 amide bonds. The maximum Gasteiger partial charge on any atom is 0.416 e. The second-order valence-electron chi connectivity index (χ2n) is 4.32. The molecule has 0 spiro atoms. The molecule has 2 N–H and O–H groups in total. The van der Waals surface area contributed by atoms with Crippen LogP contribution in [0.25, 0.3) is 0 Å². The SMILES string of the molecule is CSC(CO)C(C)NCc1ccc(C(F)(F)F)cc1. The van der Waals surface area contributed by atoms with E-state index < -0.39 is 11.7 Å². The van der Waals surface area contributed by atoms with Crippen LogP contribution in [-0.2, 0) is 12.7 Å². The fourth-order valence-electron chi connectivity index (χ4n) is 1.66. The number of benzene rings is 1. The lowest BCUT2D eigenvalue weighted by molar-refractivity contribution is -0.137. The molecule has 19 heavy (non-hydrogen) atoms. The van der Waals surface area contributed by atoms with E-state index in [0.717, 1.165) is 17.7 Å². The van der Waals surface area contributed by atoms with Crippen molar-refractivity contribution in [1.29, 1.82) is 0 Å². The molecule has 0 saturated carbocycles. The Bertz CT molecular complexity index is 376. The molecule has 2 unspecified atom stereocenters. The number of halogens is 3. The molecular weight excluding hydrogens is 275 g/mol. The first-order valence-corrected chi connectivity index (χ1v) is 7.20. The van der Waals surface area contributed by atoms with E-state index in [2.05, 4.69) is 5.32 Å². The van der Waals surface area contributed by atoms with E-state index in [-0.39, 0.29) is 17.9 Å². The second kappa shape index (κ2) is 7.17. The molecule has 6 heteroatoms. The smallest absolute Gasteiger partial charge is 0.395 e. The number of rotatable bonds is 6.